The number of aromatic amines is 1. The molecule has 0 aliphatic rings. The Kier molecular flexibility index (Phi) is 2.82. The van der Waals surface area contributed by atoms with E-state index in [0.29, 0.717) is 16.7 Å². The first-order chi connectivity index (χ1) is 8.17. The van der Waals surface area contributed by atoms with E-state index < -0.39 is 5.97 Å². The van der Waals surface area contributed by atoms with E-state index in [1.807, 2.05) is 0 Å². The summed E-state index contributed by atoms with van der Waals surface area (Å²) in [4.78, 5) is 26.2. The van der Waals surface area contributed by atoms with Crippen LogP contribution in [0.15, 0.2) is 29.2 Å². The Morgan fingerprint density at radius 2 is 2.06 bits per heavy atom. The maximum Gasteiger partial charge on any atom is 0.343 e. The Hall–Kier alpha value is -2.30. The minimum Gasteiger partial charge on any atom is -0.497 e. The van der Waals surface area contributed by atoms with E-state index in [1.54, 1.807) is 25.3 Å². The molecule has 17 heavy (non-hydrogen) atoms. The van der Waals surface area contributed by atoms with Crippen LogP contribution in [0.4, 0.5) is 0 Å². The number of aromatic nitrogens is 1. The molecule has 2 rings (SSSR count). The Balaban J connectivity index is 2.69. The van der Waals surface area contributed by atoms with Gasteiger partial charge < -0.3 is 14.5 Å². The standard InChI is InChI=1S/C12H11NO4/c1-16-7-3-4-8-10(5-7)13-6-9(11(8)14)12(15)17-2/h3-6H,1-2H3,(H,13,14). The second kappa shape index (κ2) is 4.29. The van der Waals surface area contributed by atoms with Gasteiger partial charge in [-0.15, -0.1) is 0 Å². The van der Waals surface area contributed by atoms with Gasteiger partial charge in [0.05, 0.1) is 19.7 Å². The highest BCUT2D eigenvalue weighted by Gasteiger charge is 2.13. The number of H-pyrrole nitrogens is 1. The molecule has 1 aromatic carbocycles. The van der Waals surface area contributed by atoms with Gasteiger partial charge in [-0.05, 0) is 12.1 Å². The van der Waals surface area contributed by atoms with Gasteiger partial charge in [0.2, 0.25) is 5.43 Å². The van der Waals surface area contributed by atoms with Crippen molar-refractivity contribution in [1.82, 2.24) is 4.98 Å². The van der Waals surface area contributed by atoms with Gasteiger partial charge in [-0.25, -0.2) is 4.79 Å². The predicted octanol–water partition coefficient (Wildman–Crippen LogP) is 1.32. The van der Waals surface area contributed by atoms with Crippen molar-refractivity contribution >= 4 is 16.9 Å². The molecule has 0 fully saturated rings. The van der Waals surface area contributed by atoms with Gasteiger partial charge in [0.15, 0.2) is 0 Å². The summed E-state index contributed by atoms with van der Waals surface area (Å²) >= 11 is 0. The predicted molar refractivity (Wildman–Crippen MR) is 62.5 cm³/mol. The largest absolute Gasteiger partial charge is 0.497 e. The van der Waals surface area contributed by atoms with E-state index in [9.17, 15) is 9.59 Å². The zero-order chi connectivity index (χ0) is 12.4. The Bertz CT molecular complexity index is 630. The number of esters is 1. The van der Waals surface area contributed by atoms with Crippen LogP contribution in [-0.2, 0) is 4.74 Å². The van der Waals surface area contributed by atoms with Crippen LogP contribution in [0.2, 0.25) is 0 Å². The number of carbonyl (C=O) groups excluding carboxylic acids is 1. The SMILES string of the molecule is COC(=O)c1c[nH]c2cc(OC)ccc2c1=O. The third-order valence-electron chi connectivity index (χ3n) is 2.49. The van der Waals surface area contributed by atoms with Gasteiger partial charge in [-0.3, -0.25) is 4.79 Å². The number of ether oxygens (including phenoxy) is 2. The van der Waals surface area contributed by atoms with E-state index in [-0.39, 0.29) is 11.0 Å². The van der Waals surface area contributed by atoms with Crippen molar-refractivity contribution in [2.75, 3.05) is 14.2 Å². The molecule has 2 aromatic rings. The molecule has 0 spiro atoms. The van der Waals surface area contributed by atoms with E-state index in [2.05, 4.69) is 9.72 Å². The average molecular weight is 233 g/mol. The molecule has 1 N–H and O–H groups in total. The molecule has 0 aliphatic heterocycles. The molecule has 0 unspecified atom stereocenters. The fourth-order valence-corrected chi connectivity index (χ4v) is 1.59. The number of rotatable bonds is 2. The number of fused-ring (bicyclic) bond motifs is 1. The van der Waals surface area contributed by atoms with Crippen molar-refractivity contribution < 1.29 is 14.3 Å². The summed E-state index contributed by atoms with van der Waals surface area (Å²) < 4.78 is 9.57. The second-order valence-electron chi connectivity index (χ2n) is 3.43. The Labute approximate surface area is 97.0 Å². The average Bonchev–Trinajstić information content (AvgIpc) is 2.38. The quantitative estimate of drug-likeness (QED) is 0.794. The molecule has 0 radical (unpaired) electrons. The van der Waals surface area contributed by atoms with Gasteiger partial charge in [-0.2, -0.15) is 0 Å². The van der Waals surface area contributed by atoms with Crippen molar-refractivity contribution in [3.63, 3.8) is 0 Å². The van der Waals surface area contributed by atoms with Crippen LogP contribution in [0.25, 0.3) is 10.9 Å². The number of nitrogens with one attached hydrogen (secondary N) is 1. The van der Waals surface area contributed by atoms with E-state index in [4.69, 9.17) is 4.74 Å². The topological polar surface area (TPSA) is 68.4 Å². The molecule has 1 aromatic heterocycles. The van der Waals surface area contributed by atoms with Crippen LogP contribution >= 0.6 is 0 Å². The first-order valence-corrected chi connectivity index (χ1v) is 4.95. The van der Waals surface area contributed by atoms with E-state index in [0.717, 1.165) is 0 Å². The molecule has 0 saturated heterocycles. The third-order valence-corrected chi connectivity index (χ3v) is 2.49. The van der Waals surface area contributed by atoms with Crippen molar-refractivity contribution in [2.45, 2.75) is 0 Å². The lowest BCUT2D eigenvalue weighted by atomic mass is 10.1. The number of hydrogen-bond acceptors (Lipinski definition) is 4. The third kappa shape index (κ3) is 1.87. The normalized spacial score (nSPS) is 10.2. The first kappa shape index (κ1) is 11.2. The summed E-state index contributed by atoms with van der Waals surface area (Å²) in [7, 11) is 2.78. The molecular formula is C12H11NO4. The highest BCUT2D eigenvalue weighted by atomic mass is 16.5. The Morgan fingerprint density at radius 3 is 2.71 bits per heavy atom. The summed E-state index contributed by atoms with van der Waals surface area (Å²) in [6.07, 6.45) is 1.34. The van der Waals surface area contributed by atoms with Crippen molar-refractivity contribution in [3.8, 4) is 5.75 Å². The van der Waals surface area contributed by atoms with Gasteiger partial charge in [0.25, 0.3) is 0 Å². The molecule has 0 saturated carbocycles. The summed E-state index contributed by atoms with van der Waals surface area (Å²) in [5.74, 6) is -0.0112. The fourth-order valence-electron chi connectivity index (χ4n) is 1.59. The Morgan fingerprint density at radius 1 is 1.29 bits per heavy atom. The van der Waals surface area contributed by atoms with Crippen LogP contribution in [0.1, 0.15) is 10.4 Å². The van der Waals surface area contributed by atoms with E-state index in [1.165, 1.54) is 13.3 Å². The lowest BCUT2D eigenvalue weighted by Crippen LogP contribution is -2.16. The number of hydrogen-bond donors (Lipinski definition) is 1. The van der Waals surface area contributed by atoms with Crippen molar-refractivity contribution in [1.29, 1.82) is 0 Å². The van der Waals surface area contributed by atoms with Gasteiger partial charge in [-0.1, -0.05) is 0 Å². The highest BCUT2D eigenvalue weighted by molar-refractivity contribution is 5.93. The molecule has 0 amide bonds. The van der Waals surface area contributed by atoms with Crippen LogP contribution in [-0.4, -0.2) is 25.2 Å². The lowest BCUT2D eigenvalue weighted by molar-refractivity contribution is 0.0599. The summed E-state index contributed by atoms with van der Waals surface area (Å²) in [5.41, 5.74) is 0.250. The van der Waals surface area contributed by atoms with Crippen molar-refractivity contribution in [3.05, 3.63) is 40.2 Å². The molecule has 5 heteroatoms. The number of benzene rings is 1. The molecule has 0 atom stereocenters. The van der Waals surface area contributed by atoms with Crippen LogP contribution in [0, 0.1) is 0 Å². The first-order valence-electron chi connectivity index (χ1n) is 4.95. The zero-order valence-corrected chi connectivity index (χ0v) is 9.44. The number of methoxy groups -OCH3 is 2. The fraction of sp³-hybridized carbons (Fsp3) is 0.167. The number of pyridine rings is 1. The second-order valence-corrected chi connectivity index (χ2v) is 3.43. The van der Waals surface area contributed by atoms with Gasteiger partial charge in [0, 0.05) is 17.6 Å². The zero-order valence-electron chi connectivity index (χ0n) is 9.44. The summed E-state index contributed by atoms with van der Waals surface area (Å²) in [5, 5.41) is 0.425. The minimum atomic E-state index is -0.649. The minimum absolute atomic E-state index is 0.00910. The molecular weight excluding hydrogens is 222 g/mol. The smallest absolute Gasteiger partial charge is 0.343 e. The maximum absolute atomic E-state index is 12.0. The highest BCUT2D eigenvalue weighted by Crippen LogP contribution is 2.16. The molecule has 0 aliphatic carbocycles. The summed E-state index contributed by atoms with van der Waals surface area (Å²) in [6, 6.07) is 4.97. The molecule has 1 heterocycles. The summed E-state index contributed by atoms with van der Waals surface area (Å²) in [6.45, 7) is 0. The molecule has 5 nitrogen and oxygen atoms in total. The van der Waals surface area contributed by atoms with Crippen molar-refractivity contribution in [2.24, 2.45) is 0 Å². The molecule has 0 bridgehead atoms. The van der Waals surface area contributed by atoms with Crippen LogP contribution in [0.3, 0.4) is 0 Å². The van der Waals surface area contributed by atoms with Gasteiger partial charge >= 0.3 is 5.97 Å². The lowest BCUT2D eigenvalue weighted by Gasteiger charge is -2.04. The number of carbonyl (C=O) groups is 1. The van der Waals surface area contributed by atoms with Crippen LogP contribution in [0.5, 0.6) is 5.75 Å². The molecule has 88 valence electrons. The van der Waals surface area contributed by atoms with Crippen LogP contribution < -0.4 is 10.2 Å². The maximum atomic E-state index is 12.0. The monoisotopic (exact) mass is 233 g/mol. The van der Waals surface area contributed by atoms with Gasteiger partial charge in [0.1, 0.15) is 11.3 Å². The van der Waals surface area contributed by atoms with E-state index >= 15 is 0 Å².